The van der Waals surface area contributed by atoms with Crippen LogP contribution in [0.25, 0.3) is 0 Å². The van der Waals surface area contributed by atoms with E-state index in [1.54, 1.807) is 18.2 Å². The van der Waals surface area contributed by atoms with Crippen molar-refractivity contribution in [1.29, 1.82) is 0 Å². The summed E-state index contributed by atoms with van der Waals surface area (Å²) in [5, 5.41) is 0.884. The topological polar surface area (TPSA) is 26.3 Å². The van der Waals surface area contributed by atoms with Crippen LogP contribution < -0.4 is 4.74 Å². The van der Waals surface area contributed by atoms with Crippen LogP contribution in [0.1, 0.15) is 15.9 Å². The number of halogens is 3. The fraction of sp³-hybridized carbons (Fsp3) is 0.0714. The molecule has 0 aromatic heterocycles. The summed E-state index contributed by atoms with van der Waals surface area (Å²) < 4.78 is 18.6. The maximum Gasteiger partial charge on any atom is 0.150 e. The van der Waals surface area contributed by atoms with E-state index < -0.39 is 5.82 Å². The van der Waals surface area contributed by atoms with E-state index in [4.69, 9.17) is 27.9 Å². The molecule has 0 radical (unpaired) electrons. The molecule has 2 nitrogen and oxygen atoms in total. The van der Waals surface area contributed by atoms with Gasteiger partial charge in [-0.1, -0.05) is 29.3 Å². The van der Waals surface area contributed by atoms with Gasteiger partial charge in [0.2, 0.25) is 0 Å². The third-order valence-corrected chi connectivity index (χ3v) is 3.16. The van der Waals surface area contributed by atoms with Crippen molar-refractivity contribution in [2.45, 2.75) is 6.61 Å². The van der Waals surface area contributed by atoms with Crippen LogP contribution in [-0.4, -0.2) is 6.29 Å². The van der Waals surface area contributed by atoms with Crippen molar-refractivity contribution in [3.05, 3.63) is 63.4 Å². The number of carbonyl (C=O) groups is 1. The van der Waals surface area contributed by atoms with Crippen molar-refractivity contribution in [3.8, 4) is 5.75 Å². The summed E-state index contributed by atoms with van der Waals surface area (Å²) >= 11 is 11.7. The normalized spacial score (nSPS) is 10.3. The molecule has 0 bridgehead atoms. The molecule has 0 amide bonds. The standard InChI is InChI=1S/C14H9Cl2FO2/c15-13-2-1-9(5-14(13)16)8-19-12-4-10(7-18)3-11(17)6-12/h1-7H,8H2. The number of ether oxygens (including phenoxy) is 1. The van der Waals surface area contributed by atoms with E-state index in [1.807, 2.05) is 0 Å². The first-order chi connectivity index (χ1) is 9.08. The molecule has 98 valence electrons. The summed E-state index contributed by atoms with van der Waals surface area (Å²) in [4.78, 5) is 10.6. The van der Waals surface area contributed by atoms with Crippen LogP contribution in [-0.2, 0) is 6.61 Å². The fourth-order valence-electron chi connectivity index (χ4n) is 1.53. The Hall–Kier alpha value is -1.58. The zero-order chi connectivity index (χ0) is 13.8. The summed E-state index contributed by atoms with van der Waals surface area (Å²) in [5.74, 6) is -0.234. The van der Waals surface area contributed by atoms with Crippen molar-refractivity contribution in [2.24, 2.45) is 0 Å². The van der Waals surface area contributed by atoms with E-state index in [-0.39, 0.29) is 17.9 Å². The SMILES string of the molecule is O=Cc1cc(F)cc(OCc2ccc(Cl)c(Cl)c2)c1. The van der Waals surface area contributed by atoms with E-state index in [0.717, 1.165) is 11.6 Å². The smallest absolute Gasteiger partial charge is 0.150 e. The third-order valence-electron chi connectivity index (χ3n) is 2.42. The van der Waals surface area contributed by atoms with Gasteiger partial charge in [-0.05, 0) is 29.8 Å². The lowest BCUT2D eigenvalue weighted by Crippen LogP contribution is -1.97. The molecule has 0 aliphatic carbocycles. The van der Waals surface area contributed by atoms with E-state index >= 15 is 0 Å². The number of rotatable bonds is 4. The highest BCUT2D eigenvalue weighted by Gasteiger charge is 2.03. The monoisotopic (exact) mass is 298 g/mol. The van der Waals surface area contributed by atoms with Gasteiger partial charge in [0.25, 0.3) is 0 Å². The highest BCUT2D eigenvalue weighted by molar-refractivity contribution is 6.42. The largest absolute Gasteiger partial charge is 0.489 e. The summed E-state index contributed by atoms with van der Waals surface area (Å²) in [6.45, 7) is 0.207. The average Bonchev–Trinajstić information content (AvgIpc) is 2.39. The highest BCUT2D eigenvalue weighted by Crippen LogP contribution is 2.23. The quantitative estimate of drug-likeness (QED) is 0.776. The third kappa shape index (κ3) is 3.69. The highest BCUT2D eigenvalue weighted by atomic mass is 35.5. The minimum absolute atomic E-state index is 0.207. The van der Waals surface area contributed by atoms with Gasteiger partial charge < -0.3 is 4.74 Å². The van der Waals surface area contributed by atoms with Crippen LogP contribution in [0, 0.1) is 5.82 Å². The molecular formula is C14H9Cl2FO2. The lowest BCUT2D eigenvalue weighted by atomic mass is 10.2. The molecule has 0 atom stereocenters. The minimum atomic E-state index is -0.520. The second-order valence-electron chi connectivity index (χ2n) is 3.88. The second-order valence-corrected chi connectivity index (χ2v) is 4.69. The first-order valence-electron chi connectivity index (χ1n) is 5.41. The number of hydrogen-bond acceptors (Lipinski definition) is 2. The van der Waals surface area contributed by atoms with Crippen molar-refractivity contribution in [2.75, 3.05) is 0 Å². The van der Waals surface area contributed by atoms with Gasteiger partial charge in [-0.3, -0.25) is 4.79 Å². The van der Waals surface area contributed by atoms with Crippen LogP contribution in [0.3, 0.4) is 0 Å². The molecule has 0 N–H and O–H groups in total. The van der Waals surface area contributed by atoms with Gasteiger partial charge in [-0.15, -0.1) is 0 Å². The fourth-order valence-corrected chi connectivity index (χ4v) is 1.85. The number of benzene rings is 2. The molecule has 5 heteroatoms. The van der Waals surface area contributed by atoms with Crippen molar-refractivity contribution in [3.63, 3.8) is 0 Å². The summed E-state index contributed by atoms with van der Waals surface area (Å²) in [5.41, 5.74) is 1.02. The molecule has 0 aliphatic heterocycles. The molecule has 0 spiro atoms. The van der Waals surface area contributed by atoms with Gasteiger partial charge in [0.15, 0.2) is 0 Å². The van der Waals surface area contributed by atoms with Crippen LogP contribution in [0.4, 0.5) is 4.39 Å². The maximum absolute atomic E-state index is 13.2. The summed E-state index contributed by atoms with van der Waals surface area (Å²) in [7, 11) is 0. The Morgan fingerprint density at radius 3 is 2.58 bits per heavy atom. The van der Waals surface area contributed by atoms with E-state index in [1.165, 1.54) is 12.1 Å². The van der Waals surface area contributed by atoms with Crippen LogP contribution in [0.2, 0.25) is 10.0 Å². The lowest BCUT2D eigenvalue weighted by Gasteiger charge is -2.08. The van der Waals surface area contributed by atoms with Gasteiger partial charge in [0.05, 0.1) is 10.0 Å². The Kier molecular flexibility index (Phi) is 4.40. The Balaban J connectivity index is 2.11. The molecule has 0 unspecified atom stereocenters. The first kappa shape index (κ1) is 13.8. The van der Waals surface area contributed by atoms with Crippen molar-refractivity contribution in [1.82, 2.24) is 0 Å². The molecule has 19 heavy (non-hydrogen) atoms. The molecular weight excluding hydrogens is 290 g/mol. The Labute approximate surface area is 119 Å². The summed E-state index contributed by atoms with van der Waals surface area (Å²) in [6, 6.07) is 8.90. The molecule has 2 aromatic carbocycles. The molecule has 0 saturated carbocycles. The number of carbonyl (C=O) groups excluding carboxylic acids is 1. The van der Waals surface area contributed by atoms with Crippen LogP contribution in [0.15, 0.2) is 36.4 Å². The first-order valence-corrected chi connectivity index (χ1v) is 6.16. The molecule has 2 rings (SSSR count). The van der Waals surface area contributed by atoms with E-state index in [9.17, 15) is 9.18 Å². The van der Waals surface area contributed by atoms with Crippen molar-refractivity contribution >= 4 is 29.5 Å². The average molecular weight is 299 g/mol. The molecule has 0 aliphatic rings. The molecule has 2 aromatic rings. The Bertz CT molecular complexity index is 614. The predicted octanol–water partition coefficient (Wildman–Crippen LogP) is 4.52. The zero-order valence-electron chi connectivity index (χ0n) is 9.70. The number of hydrogen-bond donors (Lipinski definition) is 0. The van der Waals surface area contributed by atoms with Gasteiger partial charge in [-0.2, -0.15) is 0 Å². The van der Waals surface area contributed by atoms with Gasteiger partial charge in [-0.25, -0.2) is 4.39 Å². The summed E-state index contributed by atoms with van der Waals surface area (Å²) in [6.07, 6.45) is 0.565. The molecule has 0 heterocycles. The molecule has 0 fully saturated rings. The molecule has 0 saturated heterocycles. The lowest BCUT2D eigenvalue weighted by molar-refractivity contribution is 0.112. The zero-order valence-corrected chi connectivity index (χ0v) is 11.2. The Morgan fingerprint density at radius 2 is 1.89 bits per heavy atom. The van der Waals surface area contributed by atoms with Crippen LogP contribution >= 0.6 is 23.2 Å². The van der Waals surface area contributed by atoms with Crippen molar-refractivity contribution < 1.29 is 13.9 Å². The van der Waals surface area contributed by atoms with Gasteiger partial charge in [0, 0.05) is 11.6 Å². The number of aldehydes is 1. The van der Waals surface area contributed by atoms with E-state index in [0.29, 0.717) is 16.3 Å². The van der Waals surface area contributed by atoms with E-state index in [2.05, 4.69) is 0 Å². The predicted molar refractivity (Wildman–Crippen MR) is 72.6 cm³/mol. The van der Waals surface area contributed by atoms with Crippen LogP contribution in [0.5, 0.6) is 5.75 Å². The van der Waals surface area contributed by atoms with Gasteiger partial charge >= 0.3 is 0 Å². The second kappa shape index (κ2) is 6.04. The Morgan fingerprint density at radius 1 is 1.11 bits per heavy atom. The van der Waals surface area contributed by atoms with Gasteiger partial charge in [0.1, 0.15) is 24.5 Å². The maximum atomic E-state index is 13.2. The minimum Gasteiger partial charge on any atom is -0.489 e.